The number of hydrogen-bond acceptors (Lipinski definition) is 4. The van der Waals surface area contributed by atoms with E-state index in [0.29, 0.717) is 25.7 Å². The van der Waals surface area contributed by atoms with Gasteiger partial charge in [0.25, 0.3) is 0 Å². The van der Waals surface area contributed by atoms with Crippen molar-refractivity contribution in [2.24, 2.45) is 5.92 Å². The van der Waals surface area contributed by atoms with Crippen LogP contribution in [-0.4, -0.2) is 63.3 Å². The van der Waals surface area contributed by atoms with Crippen LogP contribution in [0.15, 0.2) is 0 Å². The number of amides is 1. The zero-order valence-electron chi connectivity index (χ0n) is 12.6. The first kappa shape index (κ1) is 16.4. The number of carbonyl (C=O) groups is 1. The maximum absolute atomic E-state index is 11.7. The molecule has 1 heterocycles. The molecule has 5 nitrogen and oxygen atoms in total. The topological polar surface area (TPSA) is 53.6 Å². The Morgan fingerprint density at radius 3 is 2.68 bits per heavy atom. The molecule has 1 aliphatic heterocycles. The van der Waals surface area contributed by atoms with Crippen LogP contribution < -0.4 is 10.6 Å². The second kappa shape index (κ2) is 9.28. The first-order valence-corrected chi connectivity index (χ1v) is 7.38. The van der Waals surface area contributed by atoms with Crippen LogP contribution in [0.25, 0.3) is 0 Å². The summed E-state index contributed by atoms with van der Waals surface area (Å²) >= 11 is 0. The Labute approximate surface area is 117 Å². The van der Waals surface area contributed by atoms with E-state index in [1.54, 1.807) is 7.11 Å². The quantitative estimate of drug-likeness (QED) is 0.630. The summed E-state index contributed by atoms with van der Waals surface area (Å²) in [5.74, 6) is 0.850. The average molecular weight is 271 g/mol. The molecular weight excluding hydrogens is 242 g/mol. The summed E-state index contributed by atoms with van der Waals surface area (Å²) in [5, 5.41) is 6.36. The first-order chi connectivity index (χ1) is 9.17. The highest BCUT2D eigenvalue weighted by Gasteiger charge is 2.24. The number of nitrogens with one attached hydrogen (secondary N) is 2. The standard InChI is InChI=1S/C14H29N3O2/c1-4-15-12(2)13-5-8-17(9-6-13)11-14(18)16-7-10-19-3/h12-13,15H,4-11H2,1-3H3,(H,16,18). The molecule has 0 bridgehead atoms. The molecule has 0 radical (unpaired) electrons. The minimum absolute atomic E-state index is 0.107. The van der Waals surface area contributed by atoms with E-state index >= 15 is 0 Å². The van der Waals surface area contributed by atoms with Gasteiger partial charge in [-0.25, -0.2) is 0 Å². The Hall–Kier alpha value is -0.650. The predicted molar refractivity (Wildman–Crippen MR) is 77.2 cm³/mol. The maximum atomic E-state index is 11.7. The fraction of sp³-hybridized carbons (Fsp3) is 0.929. The fourth-order valence-electron chi connectivity index (χ4n) is 2.65. The number of ether oxygens (including phenoxy) is 1. The molecule has 1 aliphatic rings. The molecule has 1 atom stereocenters. The van der Waals surface area contributed by atoms with E-state index < -0.39 is 0 Å². The van der Waals surface area contributed by atoms with Crippen LogP contribution in [-0.2, 0) is 9.53 Å². The molecule has 1 rings (SSSR count). The lowest BCUT2D eigenvalue weighted by atomic mass is 9.90. The molecule has 1 amide bonds. The molecule has 1 unspecified atom stereocenters. The molecule has 112 valence electrons. The monoisotopic (exact) mass is 271 g/mol. The Bertz CT molecular complexity index is 253. The number of likely N-dealkylation sites (tertiary alicyclic amines) is 1. The summed E-state index contributed by atoms with van der Waals surface area (Å²) in [6.07, 6.45) is 2.36. The summed E-state index contributed by atoms with van der Waals surface area (Å²) in [4.78, 5) is 13.9. The molecule has 1 saturated heterocycles. The van der Waals surface area contributed by atoms with Gasteiger partial charge in [0.15, 0.2) is 0 Å². The Morgan fingerprint density at radius 1 is 1.42 bits per heavy atom. The van der Waals surface area contributed by atoms with Gasteiger partial charge in [0.1, 0.15) is 0 Å². The van der Waals surface area contributed by atoms with Gasteiger partial charge in [-0.3, -0.25) is 9.69 Å². The highest BCUT2D eigenvalue weighted by molar-refractivity contribution is 5.77. The van der Waals surface area contributed by atoms with Crippen molar-refractivity contribution in [3.8, 4) is 0 Å². The van der Waals surface area contributed by atoms with Crippen molar-refractivity contribution in [2.45, 2.75) is 32.7 Å². The molecule has 0 spiro atoms. The summed E-state index contributed by atoms with van der Waals surface area (Å²) in [5.41, 5.74) is 0. The van der Waals surface area contributed by atoms with E-state index in [1.165, 1.54) is 12.8 Å². The number of hydrogen-bond donors (Lipinski definition) is 2. The van der Waals surface area contributed by atoms with Gasteiger partial charge in [0, 0.05) is 19.7 Å². The van der Waals surface area contributed by atoms with E-state index in [1.807, 2.05) is 0 Å². The van der Waals surface area contributed by atoms with Crippen LogP contribution >= 0.6 is 0 Å². The predicted octanol–water partition coefficient (Wildman–Crippen LogP) is 0.459. The van der Waals surface area contributed by atoms with Crippen molar-refractivity contribution in [3.63, 3.8) is 0 Å². The minimum Gasteiger partial charge on any atom is -0.383 e. The third kappa shape index (κ3) is 6.36. The lowest BCUT2D eigenvalue weighted by Gasteiger charge is -2.34. The first-order valence-electron chi connectivity index (χ1n) is 7.38. The summed E-state index contributed by atoms with van der Waals surface area (Å²) in [7, 11) is 1.64. The third-order valence-electron chi connectivity index (χ3n) is 3.86. The zero-order valence-corrected chi connectivity index (χ0v) is 12.6. The van der Waals surface area contributed by atoms with E-state index in [4.69, 9.17) is 4.74 Å². The molecule has 1 fully saturated rings. The molecule has 2 N–H and O–H groups in total. The van der Waals surface area contributed by atoms with Crippen LogP contribution in [0.1, 0.15) is 26.7 Å². The maximum Gasteiger partial charge on any atom is 0.234 e. The summed E-state index contributed by atoms with van der Waals surface area (Å²) in [6.45, 7) is 9.19. The molecule has 19 heavy (non-hydrogen) atoms. The molecule has 0 aromatic carbocycles. The van der Waals surface area contributed by atoms with E-state index in [-0.39, 0.29) is 5.91 Å². The third-order valence-corrected chi connectivity index (χ3v) is 3.86. The van der Waals surface area contributed by atoms with Gasteiger partial charge in [0.2, 0.25) is 5.91 Å². The number of methoxy groups -OCH3 is 1. The van der Waals surface area contributed by atoms with Gasteiger partial charge in [0.05, 0.1) is 13.2 Å². The molecule has 0 aromatic heterocycles. The number of nitrogens with zero attached hydrogens (tertiary/aromatic N) is 1. The van der Waals surface area contributed by atoms with Gasteiger partial charge < -0.3 is 15.4 Å². The number of rotatable bonds is 8. The van der Waals surface area contributed by atoms with Gasteiger partial charge in [-0.05, 0) is 45.3 Å². The highest BCUT2D eigenvalue weighted by Crippen LogP contribution is 2.20. The molecule has 0 saturated carbocycles. The number of piperidine rings is 1. The van der Waals surface area contributed by atoms with Crippen molar-refractivity contribution in [1.29, 1.82) is 0 Å². The summed E-state index contributed by atoms with van der Waals surface area (Å²) in [6, 6.07) is 0.586. The lowest BCUT2D eigenvalue weighted by Crippen LogP contribution is -2.45. The SMILES string of the molecule is CCNC(C)C1CCN(CC(=O)NCCOC)CC1. The van der Waals surface area contributed by atoms with Gasteiger partial charge >= 0.3 is 0 Å². The van der Waals surface area contributed by atoms with Crippen LogP contribution in [0.4, 0.5) is 0 Å². The second-order valence-electron chi connectivity index (χ2n) is 5.30. The van der Waals surface area contributed by atoms with E-state index in [9.17, 15) is 4.79 Å². The average Bonchev–Trinajstić information content (AvgIpc) is 2.40. The molecule has 5 heteroatoms. The van der Waals surface area contributed by atoms with Gasteiger partial charge in [-0.15, -0.1) is 0 Å². The molecule has 0 aliphatic carbocycles. The fourth-order valence-corrected chi connectivity index (χ4v) is 2.65. The normalized spacial score (nSPS) is 19.3. The van der Waals surface area contributed by atoms with Crippen LogP contribution in [0.5, 0.6) is 0 Å². The van der Waals surface area contributed by atoms with Crippen molar-refractivity contribution >= 4 is 5.91 Å². The van der Waals surface area contributed by atoms with E-state index in [0.717, 1.165) is 25.6 Å². The van der Waals surface area contributed by atoms with Crippen LogP contribution in [0.2, 0.25) is 0 Å². The Morgan fingerprint density at radius 2 is 2.11 bits per heavy atom. The minimum atomic E-state index is 0.107. The molecule has 0 aromatic rings. The second-order valence-corrected chi connectivity index (χ2v) is 5.30. The molecular formula is C14H29N3O2. The van der Waals surface area contributed by atoms with Crippen molar-refractivity contribution in [1.82, 2.24) is 15.5 Å². The van der Waals surface area contributed by atoms with E-state index in [2.05, 4.69) is 29.4 Å². The van der Waals surface area contributed by atoms with Gasteiger partial charge in [-0.2, -0.15) is 0 Å². The van der Waals surface area contributed by atoms with Crippen molar-refractivity contribution < 1.29 is 9.53 Å². The zero-order chi connectivity index (χ0) is 14.1. The smallest absolute Gasteiger partial charge is 0.234 e. The van der Waals surface area contributed by atoms with Crippen molar-refractivity contribution in [2.75, 3.05) is 46.4 Å². The highest BCUT2D eigenvalue weighted by atomic mass is 16.5. The van der Waals surface area contributed by atoms with Gasteiger partial charge in [-0.1, -0.05) is 6.92 Å². The number of carbonyl (C=O) groups excluding carboxylic acids is 1. The Balaban J connectivity index is 2.17. The van der Waals surface area contributed by atoms with Crippen LogP contribution in [0.3, 0.4) is 0 Å². The largest absolute Gasteiger partial charge is 0.383 e. The van der Waals surface area contributed by atoms with Crippen LogP contribution in [0, 0.1) is 5.92 Å². The Kier molecular flexibility index (Phi) is 8.02. The summed E-state index contributed by atoms with van der Waals surface area (Å²) < 4.78 is 4.91. The lowest BCUT2D eigenvalue weighted by molar-refractivity contribution is -0.122. The van der Waals surface area contributed by atoms with Crippen molar-refractivity contribution in [3.05, 3.63) is 0 Å².